The number of hydrogen-bond donors (Lipinski definition) is 1. The van der Waals surface area contributed by atoms with Crippen molar-refractivity contribution in [2.45, 2.75) is 44.6 Å². The number of amides is 2. The van der Waals surface area contributed by atoms with Crippen LogP contribution in [0.25, 0.3) is 0 Å². The summed E-state index contributed by atoms with van der Waals surface area (Å²) >= 11 is 0. The van der Waals surface area contributed by atoms with Crippen LogP contribution in [0.1, 0.15) is 38.5 Å². The summed E-state index contributed by atoms with van der Waals surface area (Å²) in [7, 11) is 0. The van der Waals surface area contributed by atoms with Gasteiger partial charge in [-0.2, -0.15) is 0 Å². The van der Waals surface area contributed by atoms with Crippen LogP contribution in [0.4, 0.5) is 0 Å². The van der Waals surface area contributed by atoms with Crippen LogP contribution in [0, 0.1) is 11.8 Å². The standard InChI is InChI=1S/C17H29N3O3/c18-12-13-4-3-5-14(13)16(21)20-7-2-1-6-15(20)17(22)19-8-10-23-11-9-19/h13-15H,1-12,18H2/t13-,14-,15?/m1/s1. The average Bonchev–Trinajstić information content (AvgIpc) is 3.10. The molecule has 2 amide bonds. The third-order valence-corrected chi connectivity index (χ3v) is 5.67. The van der Waals surface area contributed by atoms with Crippen molar-refractivity contribution in [3.05, 3.63) is 0 Å². The minimum absolute atomic E-state index is 0.0260. The summed E-state index contributed by atoms with van der Waals surface area (Å²) in [6.45, 7) is 3.78. The van der Waals surface area contributed by atoms with Crippen LogP contribution in [0.5, 0.6) is 0 Å². The molecular formula is C17H29N3O3. The first-order valence-electron chi connectivity index (χ1n) is 9.09. The van der Waals surface area contributed by atoms with Crippen LogP contribution in [0.3, 0.4) is 0 Å². The number of piperidine rings is 1. The van der Waals surface area contributed by atoms with Gasteiger partial charge in [0.25, 0.3) is 0 Å². The second-order valence-electron chi connectivity index (χ2n) is 7.01. The summed E-state index contributed by atoms with van der Waals surface area (Å²) in [5.41, 5.74) is 5.84. The van der Waals surface area contributed by atoms with Gasteiger partial charge >= 0.3 is 0 Å². The molecule has 130 valence electrons. The van der Waals surface area contributed by atoms with Crippen molar-refractivity contribution in [2.75, 3.05) is 39.4 Å². The van der Waals surface area contributed by atoms with Gasteiger partial charge in [0.2, 0.25) is 11.8 Å². The first-order valence-corrected chi connectivity index (χ1v) is 9.09. The Hall–Kier alpha value is -1.14. The predicted octanol–water partition coefficient (Wildman–Crippen LogP) is 0.601. The third kappa shape index (κ3) is 3.53. The Morgan fingerprint density at radius 2 is 1.74 bits per heavy atom. The summed E-state index contributed by atoms with van der Waals surface area (Å²) in [4.78, 5) is 29.7. The molecular weight excluding hydrogens is 294 g/mol. The van der Waals surface area contributed by atoms with Crippen LogP contribution in [0.2, 0.25) is 0 Å². The van der Waals surface area contributed by atoms with Crippen molar-refractivity contribution in [1.29, 1.82) is 0 Å². The van der Waals surface area contributed by atoms with E-state index in [-0.39, 0.29) is 23.8 Å². The molecule has 2 heterocycles. The maximum absolute atomic E-state index is 13.0. The molecule has 6 heteroatoms. The van der Waals surface area contributed by atoms with Gasteiger partial charge in [-0.25, -0.2) is 0 Å². The molecule has 0 aromatic heterocycles. The Balaban J connectivity index is 1.70. The number of nitrogens with two attached hydrogens (primary N) is 1. The maximum atomic E-state index is 13.0. The van der Waals surface area contributed by atoms with E-state index < -0.39 is 0 Å². The number of rotatable bonds is 3. The second kappa shape index (κ2) is 7.62. The van der Waals surface area contributed by atoms with Gasteiger partial charge < -0.3 is 20.3 Å². The van der Waals surface area contributed by atoms with E-state index in [0.29, 0.717) is 45.3 Å². The molecule has 1 saturated carbocycles. The monoisotopic (exact) mass is 323 g/mol. The largest absolute Gasteiger partial charge is 0.378 e. The summed E-state index contributed by atoms with van der Waals surface area (Å²) in [6, 6.07) is -0.270. The number of ether oxygens (including phenoxy) is 1. The van der Waals surface area contributed by atoms with Gasteiger partial charge in [-0.1, -0.05) is 6.42 Å². The normalized spacial score (nSPS) is 32.1. The smallest absolute Gasteiger partial charge is 0.245 e. The van der Waals surface area contributed by atoms with E-state index in [2.05, 4.69) is 0 Å². The van der Waals surface area contributed by atoms with Gasteiger partial charge in [-0.05, 0) is 44.6 Å². The molecule has 0 spiro atoms. The lowest BCUT2D eigenvalue weighted by atomic mass is 9.92. The molecule has 1 unspecified atom stereocenters. The maximum Gasteiger partial charge on any atom is 0.245 e. The minimum Gasteiger partial charge on any atom is -0.378 e. The highest BCUT2D eigenvalue weighted by Crippen LogP contribution is 2.34. The molecule has 1 aliphatic carbocycles. The van der Waals surface area contributed by atoms with E-state index >= 15 is 0 Å². The molecule has 3 atom stereocenters. The molecule has 0 radical (unpaired) electrons. The number of hydrogen-bond acceptors (Lipinski definition) is 4. The van der Waals surface area contributed by atoms with E-state index in [1.54, 1.807) is 0 Å². The number of morpholine rings is 1. The lowest BCUT2D eigenvalue weighted by Gasteiger charge is -2.40. The van der Waals surface area contributed by atoms with Crippen LogP contribution in [-0.4, -0.2) is 67.0 Å². The third-order valence-electron chi connectivity index (χ3n) is 5.67. The van der Waals surface area contributed by atoms with Gasteiger partial charge in [-0.3, -0.25) is 9.59 Å². The fourth-order valence-corrected chi connectivity index (χ4v) is 4.30. The molecule has 3 aliphatic rings. The molecule has 3 fully saturated rings. The lowest BCUT2D eigenvalue weighted by Crippen LogP contribution is -2.56. The first-order chi connectivity index (χ1) is 11.2. The SMILES string of the molecule is NC[C@H]1CCC[C@H]1C(=O)N1CCCCC1C(=O)N1CCOCC1. The highest BCUT2D eigenvalue weighted by atomic mass is 16.5. The van der Waals surface area contributed by atoms with Crippen molar-refractivity contribution in [2.24, 2.45) is 17.6 Å². The molecule has 0 bridgehead atoms. The molecule has 3 rings (SSSR count). The average molecular weight is 323 g/mol. The number of carbonyl (C=O) groups is 2. The predicted molar refractivity (Wildman–Crippen MR) is 86.6 cm³/mol. The Morgan fingerprint density at radius 1 is 0.957 bits per heavy atom. The van der Waals surface area contributed by atoms with Crippen molar-refractivity contribution in [3.8, 4) is 0 Å². The highest BCUT2D eigenvalue weighted by molar-refractivity contribution is 5.89. The van der Waals surface area contributed by atoms with Gasteiger partial charge in [0, 0.05) is 25.6 Å². The quantitative estimate of drug-likeness (QED) is 0.825. The zero-order valence-electron chi connectivity index (χ0n) is 13.9. The topological polar surface area (TPSA) is 75.9 Å². The first kappa shape index (κ1) is 16.7. The van der Waals surface area contributed by atoms with Crippen molar-refractivity contribution in [1.82, 2.24) is 9.80 Å². The van der Waals surface area contributed by atoms with Crippen molar-refractivity contribution >= 4 is 11.8 Å². The van der Waals surface area contributed by atoms with Gasteiger partial charge in [0.05, 0.1) is 13.2 Å². The fourth-order valence-electron chi connectivity index (χ4n) is 4.30. The fraction of sp³-hybridized carbons (Fsp3) is 0.882. The van der Waals surface area contributed by atoms with Crippen LogP contribution in [0.15, 0.2) is 0 Å². The molecule has 23 heavy (non-hydrogen) atoms. The zero-order chi connectivity index (χ0) is 16.2. The van der Waals surface area contributed by atoms with Crippen LogP contribution >= 0.6 is 0 Å². The van der Waals surface area contributed by atoms with E-state index in [0.717, 1.165) is 38.5 Å². The Bertz CT molecular complexity index is 437. The Kier molecular flexibility index (Phi) is 5.54. The molecule has 2 saturated heterocycles. The second-order valence-corrected chi connectivity index (χ2v) is 7.01. The zero-order valence-corrected chi connectivity index (χ0v) is 13.9. The molecule has 2 aliphatic heterocycles. The molecule has 0 aromatic carbocycles. The van der Waals surface area contributed by atoms with Gasteiger partial charge in [-0.15, -0.1) is 0 Å². The van der Waals surface area contributed by atoms with E-state index in [1.165, 1.54) is 0 Å². The molecule has 6 nitrogen and oxygen atoms in total. The summed E-state index contributed by atoms with van der Waals surface area (Å²) in [5, 5.41) is 0. The van der Waals surface area contributed by atoms with Crippen molar-refractivity contribution < 1.29 is 14.3 Å². The van der Waals surface area contributed by atoms with Gasteiger partial charge in [0.1, 0.15) is 6.04 Å². The van der Waals surface area contributed by atoms with E-state index in [9.17, 15) is 9.59 Å². The lowest BCUT2D eigenvalue weighted by molar-refractivity contribution is -0.152. The Labute approximate surface area is 138 Å². The van der Waals surface area contributed by atoms with E-state index in [1.807, 2.05) is 9.80 Å². The highest BCUT2D eigenvalue weighted by Gasteiger charge is 2.41. The van der Waals surface area contributed by atoms with Gasteiger partial charge in [0.15, 0.2) is 0 Å². The van der Waals surface area contributed by atoms with Crippen LogP contribution in [-0.2, 0) is 14.3 Å². The number of likely N-dealkylation sites (tertiary alicyclic amines) is 1. The number of carbonyl (C=O) groups excluding carboxylic acids is 2. The van der Waals surface area contributed by atoms with Crippen molar-refractivity contribution in [3.63, 3.8) is 0 Å². The Morgan fingerprint density at radius 3 is 2.48 bits per heavy atom. The minimum atomic E-state index is -0.270. The molecule has 0 aromatic rings. The summed E-state index contributed by atoms with van der Waals surface area (Å²) in [6.07, 6.45) is 5.86. The van der Waals surface area contributed by atoms with E-state index in [4.69, 9.17) is 10.5 Å². The number of nitrogens with zero attached hydrogens (tertiary/aromatic N) is 2. The molecule has 2 N–H and O–H groups in total. The summed E-state index contributed by atoms with van der Waals surface area (Å²) < 4.78 is 5.33. The summed E-state index contributed by atoms with van der Waals surface area (Å²) in [5.74, 6) is 0.606. The van der Waals surface area contributed by atoms with Crippen LogP contribution < -0.4 is 5.73 Å².